The number of amides is 2. The molecule has 5 nitrogen and oxygen atoms in total. The highest BCUT2D eigenvalue weighted by atomic mass is 16.5. The number of carbonyl (C=O) groups is 1. The molecule has 0 unspecified atom stereocenters. The van der Waals surface area contributed by atoms with Gasteiger partial charge in [-0.15, -0.1) is 0 Å². The monoisotopic (exact) mass is 378 g/mol. The summed E-state index contributed by atoms with van der Waals surface area (Å²) in [5.74, 6) is 1.13. The Morgan fingerprint density at radius 1 is 1.04 bits per heavy atom. The molecule has 4 rings (SSSR count). The first-order valence-corrected chi connectivity index (χ1v) is 9.98. The Bertz CT molecular complexity index is 837. The maximum absolute atomic E-state index is 12.5. The van der Waals surface area contributed by atoms with E-state index in [1.807, 2.05) is 36.4 Å². The lowest BCUT2D eigenvalue weighted by molar-refractivity contribution is 0.210. The first kappa shape index (κ1) is 18.4. The summed E-state index contributed by atoms with van der Waals surface area (Å²) in [6.07, 6.45) is 7.97. The summed E-state index contributed by atoms with van der Waals surface area (Å²) in [5.41, 5.74) is 3.07. The van der Waals surface area contributed by atoms with Gasteiger partial charge in [0, 0.05) is 18.8 Å². The molecule has 2 aliphatic rings. The Balaban J connectivity index is 1.31. The van der Waals surface area contributed by atoms with Crippen LogP contribution in [0.5, 0.6) is 11.5 Å². The highest BCUT2D eigenvalue weighted by Crippen LogP contribution is 2.26. The van der Waals surface area contributed by atoms with Gasteiger partial charge in [0.15, 0.2) is 0 Å². The number of anilines is 1. The van der Waals surface area contributed by atoms with Gasteiger partial charge in [0.25, 0.3) is 0 Å². The zero-order valence-corrected chi connectivity index (χ0v) is 15.9. The van der Waals surface area contributed by atoms with E-state index >= 15 is 0 Å². The number of hydrogen-bond donors (Lipinski definition) is 2. The molecule has 0 radical (unpaired) electrons. The fraction of sp³-hybridized carbons (Fsp3) is 0.348. The molecule has 0 saturated heterocycles. The third kappa shape index (κ3) is 4.47. The van der Waals surface area contributed by atoms with Gasteiger partial charge in [-0.25, -0.2) is 4.79 Å². The molecule has 1 fully saturated rings. The third-order valence-electron chi connectivity index (χ3n) is 5.44. The second kappa shape index (κ2) is 8.38. The predicted molar refractivity (Wildman–Crippen MR) is 111 cm³/mol. The fourth-order valence-corrected chi connectivity index (χ4v) is 3.81. The largest absolute Gasteiger partial charge is 0.508 e. The van der Waals surface area contributed by atoms with Gasteiger partial charge in [-0.05, 0) is 79.6 Å². The van der Waals surface area contributed by atoms with Gasteiger partial charge >= 0.3 is 6.03 Å². The third-order valence-corrected chi connectivity index (χ3v) is 5.44. The van der Waals surface area contributed by atoms with Crippen molar-refractivity contribution in [3.63, 3.8) is 0 Å². The molecular formula is C23H26N2O3. The van der Waals surface area contributed by atoms with Gasteiger partial charge in [-0.3, -0.25) is 0 Å². The number of nitrogens with zero attached hydrogens (tertiary/aromatic N) is 1. The van der Waals surface area contributed by atoms with E-state index in [2.05, 4.69) is 11.4 Å². The molecule has 1 aliphatic heterocycles. The molecule has 1 saturated carbocycles. The zero-order valence-electron chi connectivity index (χ0n) is 15.9. The van der Waals surface area contributed by atoms with E-state index in [0.29, 0.717) is 19.2 Å². The van der Waals surface area contributed by atoms with E-state index in [1.54, 1.807) is 17.0 Å². The fourth-order valence-electron chi connectivity index (χ4n) is 3.81. The van der Waals surface area contributed by atoms with Gasteiger partial charge < -0.3 is 20.1 Å². The molecule has 2 amide bonds. The van der Waals surface area contributed by atoms with Crippen LogP contribution < -0.4 is 10.1 Å². The zero-order chi connectivity index (χ0) is 19.3. The van der Waals surface area contributed by atoms with E-state index in [0.717, 1.165) is 36.3 Å². The summed E-state index contributed by atoms with van der Waals surface area (Å²) in [6, 6.07) is 14.7. The molecule has 0 aromatic heterocycles. The second-order valence-corrected chi connectivity index (χ2v) is 7.45. The Morgan fingerprint density at radius 3 is 2.39 bits per heavy atom. The topological polar surface area (TPSA) is 61.8 Å². The molecule has 5 heteroatoms. The van der Waals surface area contributed by atoms with Crippen molar-refractivity contribution in [2.24, 2.45) is 0 Å². The van der Waals surface area contributed by atoms with Gasteiger partial charge in [-0.1, -0.05) is 18.2 Å². The minimum Gasteiger partial charge on any atom is -0.508 e. The number of rotatable bonds is 4. The number of carbonyl (C=O) groups excluding carboxylic acids is 1. The highest BCUT2D eigenvalue weighted by Gasteiger charge is 2.19. The van der Waals surface area contributed by atoms with E-state index in [9.17, 15) is 9.90 Å². The van der Waals surface area contributed by atoms with Crippen LogP contribution >= 0.6 is 0 Å². The molecule has 1 heterocycles. The van der Waals surface area contributed by atoms with Crippen LogP contribution in [-0.2, 0) is 0 Å². The Morgan fingerprint density at radius 2 is 1.75 bits per heavy atom. The molecule has 0 spiro atoms. The van der Waals surface area contributed by atoms with Crippen molar-refractivity contribution in [2.45, 2.75) is 38.2 Å². The van der Waals surface area contributed by atoms with Crippen LogP contribution in [-0.4, -0.2) is 35.2 Å². The predicted octanol–water partition coefficient (Wildman–Crippen LogP) is 5.03. The van der Waals surface area contributed by atoms with Crippen LogP contribution in [0.25, 0.3) is 5.57 Å². The summed E-state index contributed by atoms with van der Waals surface area (Å²) in [4.78, 5) is 14.3. The SMILES string of the molecule is O=C(Nc1ccc(OC2CCCC2)cc1)N1CC=C(c2ccc(O)cc2)CC1. The van der Waals surface area contributed by atoms with Crippen LogP contribution in [0.4, 0.5) is 10.5 Å². The number of phenolic OH excluding ortho intramolecular Hbond substituents is 1. The molecule has 146 valence electrons. The van der Waals surface area contributed by atoms with Gasteiger partial charge in [0.1, 0.15) is 11.5 Å². The summed E-state index contributed by atoms with van der Waals surface area (Å²) in [7, 11) is 0. The van der Waals surface area contributed by atoms with Crippen molar-refractivity contribution in [1.29, 1.82) is 0 Å². The average molecular weight is 378 g/mol. The van der Waals surface area contributed by atoms with Gasteiger partial charge in [-0.2, -0.15) is 0 Å². The number of benzene rings is 2. The van der Waals surface area contributed by atoms with Gasteiger partial charge in [0.2, 0.25) is 0 Å². The Hall–Kier alpha value is -2.95. The molecule has 2 aromatic carbocycles. The van der Waals surface area contributed by atoms with Crippen LogP contribution in [0.2, 0.25) is 0 Å². The van der Waals surface area contributed by atoms with Crippen LogP contribution in [0.15, 0.2) is 54.6 Å². The standard InChI is InChI=1S/C23H26N2O3/c26-20-9-5-17(6-10-20)18-13-15-25(16-14-18)23(27)24-19-7-11-22(12-8-19)28-21-3-1-2-4-21/h5-13,21,26H,1-4,14-16H2,(H,24,27). The number of phenols is 1. The average Bonchev–Trinajstić information content (AvgIpc) is 3.23. The van der Waals surface area contributed by atoms with Gasteiger partial charge in [0.05, 0.1) is 6.10 Å². The molecule has 0 bridgehead atoms. The minimum atomic E-state index is -0.0922. The lowest BCUT2D eigenvalue weighted by Crippen LogP contribution is -2.37. The maximum Gasteiger partial charge on any atom is 0.322 e. The Labute approximate surface area is 165 Å². The highest BCUT2D eigenvalue weighted by molar-refractivity contribution is 5.90. The molecule has 2 aromatic rings. The quantitative estimate of drug-likeness (QED) is 0.784. The Kier molecular flexibility index (Phi) is 5.51. The summed E-state index contributed by atoms with van der Waals surface area (Å²) in [5, 5.41) is 12.4. The maximum atomic E-state index is 12.5. The number of urea groups is 1. The van der Waals surface area contributed by atoms with E-state index < -0.39 is 0 Å². The van der Waals surface area contributed by atoms with Crippen molar-refractivity contribution in [2.75, 3.05) is 18.4 Å². The minimum absolute atomic E-state index is 0.0922. The lowest BCUT2D eigenvalue weighted by Gasteiger charge is -2.27. The number of hydrogen-bond acceptors (Lipinski definition) is 3. The summed E-state index contributed by atoms with van der Waals surface area (Å²) in [6.45, 7) is 1.24. The van der Waals surface area contributed by atoms with E-state index in [4.69, 9.17) is 4.74 Å². The van der Waals surface area contributed by atoms with Crippen molar-refractivity contribution >= 4 is 17.3 Å². The summed E-state index contributed by atoms with van der Waals surface area (Å²) < 4.78 is 5.97. The molecule has 2 N–H and O–H groups in total. The van der Waals surface area contributed by atoms with Crippen LogP contribution in [0.1, 0.15) is 37.7 Å². The van der Waals surface area contributed by atoms with Crippen molar-refractivity contribution < 1.29 is 14.6 Å². The number of aromatic hydroxyl groups is 1. The molecule has 28 heavy (non-hydrogen) atoms. The van der Waals surface area contributed by atoms with Crippen molar-refractivity contribution in [3.8, 4) is 11.5 Å². The number of nitrogens with one attached hydrogen (secondary N) is 1. The van der Waals surface area contributed by atoms with Crippen molar-refractivity contribution in [1.82, 2.24) is 4.90 Å². The molecular weight excluding hydrogens is 352 g/mol. The normalized spacial score (nSPS) is 17.3. The first-order chi connectivity index (χ1) is 13.7. The number of ether oxygens (including phenoxy) is 1. The lowest BCUT2D eigenvalue weighted by atomic mass is 9.99. The van der Waals surface area contributed by atoms with Crippen molar-refractivity contribution in [3.05, 3.63) is 60.2 Å². The smallest absolute Gasteiger partial charge is 0.322 e. The molecule has 0 atom stereocenters. The van der Waals surface area contributed by atoms with E-state index in [-0.39, 0.29) is 11.8 Å². The van der Waals surface area contributed by atoms with Crippen LogP contribution in [0, 0.1) is 0 Å². The molecule has 1 aliphatic carbocycles. The first-order valence-electron chi connectivity index (χ1n) is 9.98. The van der Waals surface area contributed by atoms with Crippen LogP contribution in [0.3, 0.4) is 0 Å². The van der Waals surface area contributed by atoms with E-state index in [1.165, 1.54) is 18.4 Å². The second-order valence-electron chi connectivity index (χ2n) is 7.45. The summed E-state index contributed by atoms with van der Waals surface area (Å²) >= 11 is 0.